The Balaban J connectivity index is 2.78. The maximum atomic E-state index is 10.8. The van der Waals surface area contributed by atoms with E-state index in [0.717, 1.165) is 12.6 Å². The van der Waals surface area contributed by atoms with Crippen molar-refractivity contribution in [1.82, 2.24) is 4.90 Å². The average Bonchev–Trinajstić information content (AvgIpc) is 2.48. The maximum Gasteiger partial charge on any atom is 0.209 e. The normalized spacial score (nSPS) is 19.7. The van der Waals surface area contributed by atoms with Crippen molar-refractivity contribution in [2.45, 2.75) is 12.8 Å². The van der Waals surface area contributed by atoms with Crippen LogP contribution in [0.3, 0.4) is 0 Å². The van der Waals surface area contributed by atoms with Crippen LogP contribution < -0.4 is 5.73 Å². The molecule has 0 atom stereocenters. The van der Waals surface area contributed by atoms with Crippen LogP contribution in [-0.2, 0) is 9.59 Å². The van der Waals surface area contributed by atoms with Crippen LogP contribution in [0, 0.1) is 16.7 Å². The number of carbonyl (C=O) groups is 2. The van der Waals surface area contributed by atoms with E-state index < -0.39 is 5.41 Å². The van der Waals surface area contributed by atoms with Gasteiger partial charge in [0.25, 0.3) is 0 Å². The molecule has 0 bridgehead atoms. The van der Waals surface area contributed by atoms with Gasteiger partial charge in [0.2, 0.25) is 6.41 Å². The molecule has 0 aromatic heterocycles. The molecular formula is C12H15ClN4O2. The first kappa shape index (κ1) is 15.2. The van der Waals surface area contributed by atoms with Crippen molar-refractivity contribution in [1.29, 1.82) is 5.26 Å². The first-order valence-corrected chi connectivity index (χ1v) is 6.16. The van der Waals surface area contributed by atoms with Gasteiger partial charge in [0.15, 0.2) is 6.29 Å². The lowest BCUT2D eigenvalue weighted by Gasteiger charge is -2.34. The Morgan fingerprint density at radius 1 is 1.47 bits per heavy atom. The van der Waals surface area contributed by atoms with Crippen LogP contribution in [0.4, 0.5) is 0 Å². The van der Waals surface area contributed by atoms with Crippen LogP contribution in [0.5, 0.6) is 0 Å². The highest BCUT2D eigenvalue weighted by atomic mass is 35.5. The third kappa shape index (κ3) is 3.80. The van der Waals surface area contributed by atoms with E-state index in [-0.39, 0.29) is 17.3 Å². The van der Waals surface area contributed by atoms with Crippen LogP contribution in [0.1, 0.15) is 12.8 Å². The Labute approximate surface area is 116 Å². The highest BCUT2D eigenvalue weighted by molar-refractivity contribution is 6.54. The lowest BCUT2D eigenvalue weighted by molar-refractivity contribution is -0.119. The van der Waals surface area contributed by atoms with Crippen molar-refractivity contribution in [2.75, 3.05) is 19.6 Å². The lowest BCUT2D eigenvalue weighted by Crippen LogP contribution is -2.40. The number of piperidine rings is 1. The summed E-state index contributed by atoms with van der Waals surface area (Å²) in [4.78, 5) is 27.1. The third-order valence-corrected chi connectivity index (χ3v) is 3.52. The smallest absolute Gasteiger partial charge is 0.209 e. The number of nitriles is 1. The van der Waals surface area contributed by atoms with Crippen molar-refractivity contribution in [2.24, 2.45) is 16.1 Å². The standard InChI is InChI=1S/C12H15ClN4O2/c13-10(5-14)11(6-18)16-8-12(7-15)1-3-17(9-19)4-2-12/h5-6,9H,1-4,8,14H2. The van der Waals surface area contributed by atoms with Gasteiger partial charge in [-0.25, -0.2) is 0 Å². The fraction of sp³-hybridized carbons (Fsp3) is 0.500. The predicted molar refractivity (Wildman–Crippen MR) is 71.4 cm³/mol. The van der Waals surface area contributed by atoms with Gasteiger partial charge >= 0.3 is 0 Å². The Kier molecular flexibility index (Phi) is 5.52. The van der Waals surface area contributed by atoms with Crippen LogP contribution in [-0.4, -0.2) is 42.9 Å². The SMILES string of the molecule is N#CC1(CN=C(C=O)C(Cl)=CN)CCN(C=O)CC1. The van der Waals surface area contributed by atoms with E-state index >= 15 is 0 Å². The number of amides is 1. The number of hydrogen-bond donors (Lipinski definition) is 1. The summed E-state index contributed by atoms with van der Waals surface area (Å²) in [5.74, 6) is 0. The zero-order valence-corrected chi connectivity index (χ0v) is 11.1. The maximum absolute atomic E-state index is 10.8. The number of allylic oxidation sites excluding steroid dienone is 1. The van der Waals surface area contributed by atoms with E-state index in [9.17, 15) is 14.9 Å². The molecule has 1 heterocycles. The summed E-state index contributed by atoms with van der Waals surface area (Å²) >= 11 is 5.72. The highest BCUT2D eigenvalue weighted by Crippen LogP contribution is 2.30. The Bertz CT molecular complexity index is 445. The summed E-state index contributed by atoms with van der Waals surface area (Å²) in [5, 5.41) is 9.36. The largest absolute Gasteiger partial charge is 0.403 e. The molecule has 1 aliphatic heterocycles. The van der Waals surface area contributed by atoms with Gasteiger partial charge in [0.1, 0.15) is 5.71 Å². The van der Waals surface area contributed by atoms with E-state index in [1.165, 1.54) is 0 Å². The van der Waals surface area contributed by atoms with E-state index in [4.69, 9.17) is 17.3 Å². The molecule has 0 aliphatic carbocycles. The molecule has 0 aromatic rings. The molecule has 102 valence electrons. The van der Waals surface area contributed by atoms with Crippen LogP contribution in [0.25, 0.3) is 0 Å². The molecule has 0 unspecified atom stereocenters. The number of likely N-dealkylation sites (tertiary alicyclic amines) is 1. The van der Waals surface area contributed by atoms with Crippen LogP contribution in [0.2, 0.25) is 0 Å². The Morgan fingerprint density at radius 3 is 2.53 bits per heavy atom. The molecule has 19 heavy (non-hydrogen) atoms. The minimum Gasteiger partial charge on any atom is -0.403 e. The molecule has 1 fully saturated rings. The number of nitrogens with zero attached hydrogens (tertiary/aromatic N) is 3. The summed E-state index contributed by atoms with van der Waals surface area (Å²) < 4.78 is 0. The van der Waals surface area contributed by atoms with Crippen molar-refractivity contribution in [3.63, 3.8) is 0 Å². The molecule has 0 saturated carbocycles. The van der Waals surface area contributed by atoms with E-state index in [0.29, 0.717) is 32.2 Å². The number of carbonyl (C=O) groups excluding carboxylic acids is 2. The number of hydrogen-bond acceptors (Lipinski definition) is 5. The molecule has 1 saturated heterocycles. The summed E-state index contributed by atoms with van der Waals surface area (Å²) in [6, 6.07) is 2.24. The molecule has 7 heteroatoms. The summed E-state index contributed by atoms with van der Waals surface area (Å²) in [6.07, 6.45) is 3.43. The molecule has 6 nitrogen and oxygen atoms in total. The van der Waals surface area contributed by atoms with Gasteiger partial charge in [-0.05, 0) is 12.8 Å². The van der Waals surface area contributed by atoms with Crippen molar-refractivity contribution >= 4 is 30.0 Å². The van der Waals surface area contributed by atoms with Gasteiger partial charge in [0.05, 0.1) is 23.1 Å². The first-order chi connectivity index (χ1) is 9.10. The summed E-state index contributed by atoms with van der Waals surface area (Å²) in [7, 11) is 0. The van der Waals surface area contributed by atoms with E-state index in [1.807, 2.05) is 0 Å². The van der Waals surface area contributed by atoms with E-state index in [1.54, 1.807) is 4.90 Å². The van der Waals surface area contributed by atoms with Gasteiger partial charge in [-0.1, -0.05) is 11.6 Å². The predicted octanol–water partition coefficient (Wildman–Crippen LogP) is 0.427. The van der Waals surface area contributed by atoms with Crippen molar-refractivity contribution in [3.05, 3.63) is 11.2 Å². The number of rotatable bonds is 5. The Hall–Kier alpha value is -1.87. The van der Waals surface area contributed by atoms with Crippen LogP contribution >= 0.6 is 11.6 Å². The second kappa shape index (κ2) is 6.90. The molecular weight excluding hydrogens is 268 g/mol. The number of nitrogens with two attached hydrogens (primary N) is 1. The fourth-order valence-electron chi connectivity index (χ4n) is 1.85. The molecule has 1 amide bonds. The Morgan fingerprint density at radius 2 is 2.11 bits per heavy atom. The van der Waals surface area contributed by atoms with Gasteiger partial charge in [0, 0.05) is 19.3 Å². The minimum atomic E-state index is -0.653. The third-order valence-electron chi connectivity index (χ3n) is 3.20. The lowest BCUT2D eigenvalue weighted by atomic mass is 9.80. The van der Waals surface area contributed by atoms with Crippen LogP contribution in [0.15, 0.2) is 16.2 Å². The minimum absolute atomic E-state index is 0.0385. The zero-order valence-electron chi connectivity index (χ0n) is 10.4. The highest BCUT2D eigenvalue weighted by Gasteiger charge is 2.34. The quantitative estimate of drug-likeness (QED) is 0.584. The molecule has 0 aromatic carbocycles. The van der Waals surface area contributed by atoms with Gasteiger partial charge in [-0.2, -0.15) is 5.26 Å². The fourth-order valence-corrected chi connectivity index (χ4v) is 1.96. The second-order valence-corrected chi connectivity index (χ2v) is 4.77. The van der Waals surface area contributed by atoms with E-state index in [2.05, 4.69) is 11.1 Å². The number of aliphatic imine (C=N–C) groups is 1. The van der Waals surface area contributed by atoms with Crippen molar-refractivity contribution in [3.8, 4) is 6.07 Å². The zero-order chi connectivity index (χ0) is 14.3. The van der Waals surface area contributed by atoms with Gasteiger partial charge < -0.3 is 10.6 Å². The molecule has 1 aliphatic rings. The molecule has 0 spiro atoms. The van der Waals surface area contributed by atoms with Gasteiger partial charge in [-0.15, -0.1) is 0 Å². The summed E-state index contributed by atoms with van der Waals surface area (Å²) in [6.45, 7) is 1.21. The average molecular weight is 283 g/mol. The molecule has 1 rings (SSSR count). The van der Waals surface area contributed by atoms with Gasteiger partial charge in [-0.3, -0.25) is 14.6 Å². The van der Waals surface area contributed by atoms with Crippen molar-refractivity contribution < 1.29 is 9.59 Å². The number of halogens is 1. The topological polar surface area (TPSA) is 99.5 Å². The summed E-state index contributed by atoms with van der Waals surface area (Å²) in [5.41, 5.74) is 4.60. The molecule has 2 N–H and O–H groups in total. The number of aldehydes is 1. The second-order valence-electron chi connectivity index (χ2n) is 4.37. The first-order valence-electron chi connectivity index (χ1n) is 5.79. The monoisotopic (exact) mass is 282 g/mol. The molecule has 0 radical (unpaired) electrons.